The first-order valence-electron chi connectivity index (χ1n) is 11.4. The highest BCUT2D eigenvalue weighted by Gasteiger charge is 2.35. The predicted octanol–water partition coefficient (Wildman–Crippen LogP) is 4.62. The molecule has 2 aromatic rings. The Bertz CT molecular complexity index is 925. The molecule has 2 unspecified atom stereocenters. The van der Waals surface area contributed by atoms with E-state index in [1.54, 1.807) is 29.2 Å². The SMILES string of the molecule is CC(C)CCCC(C)NC(=O)c1ccc(NC(=O)C2CC(=O)N(c3ccccc3)C2)cc1. The largest absolute Gasteiger partial charge is 0.350 e. The van der Waals surface area contributed by atoms with Crippen LogP contribution < -0.4 is 15.5 Å². The third-order valence-electron chi connectivity index (χ3n) is 5.77. The van der Waals surface area contributed by atoms with E-state index in [1.807, 2.05) is 37.3 Å². The first kappa shape index (κ1) is 23.5. The summed E-state index contributed by atoms with van der Waals surface area (Å²) in [7, 11) is 0. The first-order valence-corrected chi connectivity index (χ1v) is 11.4. The lowest BCUT2D eigenvalue weighted by atomic mass is 10.0. The topological polar surface area (TPSA) is 78.5 Å². The monoisotopic (exact) mass is 435 g/mol. The molecule has 3 amide bonds. The second-order valence-corrected chi connectivity index (χ2v) is 9.01. The summed E-state index contributed by atoms with van der Waals surface area (Å²) in [6.07, 6.45) is 3.40. The van der Waals surface area contributed by atoms with Gasteiger partial charge in [-0.05, 0) is 55.7 Å². The van der Waals surface area contributed by atoms with E-state index in [0.717, 1.165) is 24.9 Å². The highest BCUT2D eigenvalue weighted by molar-refractivity contribution is 6.03. The van der Waals surface area contributed by atoms with Crippen molar-refractivity contribution in [2.75, 3.05) is 16.8 Å². The number of benzene rings is 2. The summed E-state index contributed by atoms with van der Waals surface area (Å²) in [5.74, 6) is -0.0831. The number of carbonyl (C=O) groups is 3. The fraction of sp³-hybridized carbons (Fsp3) is 0.423. The van der Waals surface area contributed by atoms with E-state index in [9.17, 15) is 14.4 Å². The molecule has 0 bridgehead atoms. The molecule has 170 valence electrons. The van der Waals surface area contributed by atoms with Gasteiger partial charge in [0.1, 0.15) is 0 Å². The number of hydrogen-bond donors (Lipinski definition) is 2. The quantitative estimate of drug-likeness (QED) is 0.603. The highest BCUT2D eigenvalue weighted by Crippen LogP contribution is 2.26. The number of nitrogens with zero attached hydrogens (tertiary/aromatic N) is 1. The maximum Gasteiger partial charge on any atom is 0.251 e. The van der Waals surface area contributed by atoms with Gasteiger partial charge in [-0.15, -0.1) is 0 Å². The Labute approximate surface area is 190 Å². The molecule has 1 aliphatic heterocycles. The molecule has 1 heterocycles. The Morgan fingerprint density at radius 3 is 2.34 bits per heavy atom. The van der Waals surface area contributed by atoms with Crippen molar-refractivity contribution in [1.29, 1.82) is 0 Å². The van der Waals surface area contributed by atoms with Crippen LogP contribution in [0.2, 0.25) is 0 Å². The standard InChI is InChI=1S/C26H33N3O3/c1-18(2)8-7-9-19(3)27-25(31)20-12-14-22(15-13-20)28-26(32)21-16-24(30)29(17-21)23-10-5-4-6-11-23/h4-6,10-15,18-19,21H,7-9,16-17H2,1-3H3,(H,27,31)(H,28,32). The minimum absolute atomic E-state index is 0.0501. The Hall–Kier alpha value is -3.15. The minimum atomic E-state index is -0.405. The summed E-state index contributed by atoms with van der Waals surface area (Å²) >= 11 is 0. The number of nitrogens with one attached hydrogen (secondary N) is 2. The van der Waals surface area contributed by atoms with Gasteiger partial charge in [-0.1, -0.05) is 44.9 Å². The molecule has 1 saturated heterocycles. The normalized spacial score (nSPS) is 16.8. The number of hydrogen-bond acceptors (Lipinski definition) is 3. The molecule has 3 rings (SSSR count). The zero-order valence-corrected chi connectivity index (χ0v) is 19.1. The molecular formula is C26H33N3O3. The minimum Gasteiger partial charge on any atom is -0.350 e. The molecule has 0 aromatic heterocycles. The Kier molecular flexibility index (Phi) is 8.03. The fourth-order valence-corrected chi connectivity index (χ4v) is 3.90. The molecule has 1 fully saturated rings. The van der Waals surface area contributed by atoms with E-state index in [4.69, 9.17) is 0 Å². The van der Waals surface area contributed by atoms with Crippen LogP contribution >= 0.6 is 0 Å². The van der Waals surface area contributed by atoms with Crippen LogP contribution in [0.25, 0.3) is 0 Å². The summed E-state index contributed by atoms with van der Waals surface area (Å²) in [4.78, 5) is 39.1. The first-order chi connectivity index (χ1) is 15.3. The van der Waals surface area contributed by atoms with Crippen molar-refractivity contribution < 1.29 is 14.4 Å². The highest BCUT2D eigenvalue weighted by atomic mass is 16.2. The van der Waals surface area contributed by atoms with E-state index in [2.05, 4.69) is 24.5 Å². The molecule has 6 nitrogen and oxygen atoms in total. The van der Waals surface area contributed by atoms with Gasteiger partial charge in [0, 0.05) is 35.9 Å². The number of anilines is 2. The summed E-state index contributed by atoms with van der Waals surface area (Å²) in [6, 6.07) is 16.4. The van der Waals surface area contributed by atoms with E-state index in [-0.39, 0.29) is 30.2 Å². The molecular weight excluding hydrogens is 402 g/mol. The van der Waals surface area contributed by atoms with E-state index < -0.39 is 5.92 Å². The second kappa shape index (κ2) is 10.9. The van der Waals surface area contributed by atoms with E-state index >= 15 is 0 Å². The lowest BCUT2D eigenvalue weighted by molar-refractivity contribution is -0.122. The lowest BCUT2D eigenvalue weighted by Gasteiger charge is -2.16. The summed E-state index contributed by atoms with van der Waals surface area (Å²) in [5, 5.41) is 5.90. The van der Waals surface area contributed by atoms with Crippen LogP contribution in [0.1, 0.15) is 56.8 Å². The molecule has 0 radical (unpaired) electrons. The lowest BCUT2D eigenvalue weighted by Crippen LogP contribution is -2.32. The molecule has 1 aliphatic rings. The smallest absolute Gasteiger partial charge is 0.251 e. The van der Waals surface area contributed by atoms with Crippen molar-refractivity contribution in [3.63, 3.8) is 0 Å². The van der Waals surface area contributed by atoms with Gasteiger partial charge in [0.15, 0.2) is 0 Å². The second-order valence-electron chi connectivity index (χ2n) is 9.01. The van der Waals surface area contributed by atoms with E-state index in [0.29, 0.717) is 23.7 Å². The molecule has 2 aromatic carbocycles. The third-order valence-corrected chi connectivity index (χ3v) is 5.77. The van der Waals surface area contributed by atoms with Gasteiger partial charge in [0.05, 0.1) is 5.92 Å². The van der Waals surface area contributed by atoms with Gasteiger partial charge < -0.3 is 15.5 Å². The van der Waals surface area contributed by atoms with Gasteiger partial charge >= 0.3 is 0 Å². The van der Waals surface area contributed by atoms with Gasteiger partial charge in [0.2, 0.25) is 11.8 Å². The number of amides is 3. The van der Waals surface area contributed by atoms with Crippen LogP contribution in [0.15, 0.2) is 54.6 Å². The molecule has 0 spiro atoms. The van der Waals surface area contributed by atoms with Crippen molar-refractivity contribution in [2.24, 2.45) is 11.8 Å². The van der Waals surface area contributed by atoms with Gasteiger partial charge in [-0.2, -0.15) is 0 Å². The third kappa shape index (κ3) is 6.42. The molecule has 0 aliphatic carbocycles. The van der Waals surface area contributed by atoms with Gasteiger partial charge in [-0.25, -0.2) is 0 Å². The maximum absolute atomic E-state index is 12.7. The molecule has 2 atom stereocenters. The zero-order chi connectivity index (χ0) is 23.1. The van der Waals surface area contributed by atoms with Crippen LogP contribution in [0, 0.1) is 11.8 Å². The van der Waals surface area contributed by atoms with Crippen molar-refractivity contribution in [3.05, 3.63) is 60.2 Å². The van der Waals surface area contributed by atoms with Crippen LogP contribution in [0.5, 0.6) is 0 Å². The Balaban J connectivity index is 1.50. The van der Waals surface area contributed by atoms with Gasteiger partial charge in [0.25, 0.3) is 5.91 Å². The van der Waals surface area contributed by atoms with Crippen LogP contribution in [-0.4, -0.2) is 30.3 Å². The fourth-order valence-electron chi connectivity index (χ4n) is 3.90. The maximum atomic E-state index is 12.7. The van der Waals surface area contributed by atoms with Crippen LogP contribution in [0.4, 0.5) is 11.4 Å². The number of carbonyl (C=O) groups excluding carboxylic acids is 3. The Morgan fingerprint density at radius 1 is 1.00 bits per heavy atom. The van der Waals surface area contributed by atoms with Crippen molar-refractivity contribution >= 4 is 29.1 Å². The average molecular weight is 436 g/mol. The molecule has 0 saturated carbocycles. The zero-order valence-electron chi connectivity index (χ0n) is 19.1. The van der Waals surface area contributed by atoms with Crippen molar-refractivity contribution in [1.82, 2.24) is 5.32 Å². The average Bonchev–Trinajstić information content (AvgIpc) is 3.16. The molecule has 2 N–H and O–H groups in total. The Morgan fingerprint density at radius 2 is 1.69 bits per heavy atom. The summed E-state index contributed by atoms with van der Waals surface area (Å²) in [5.41, 5.74) is 1.98. The summed E-state index contributed by atoms with van der Waals surface area (Å²) in [6.45, 7) is 6.79. The number of para-hydroxylation sites is 1. The molecule has 32 heavy (non-hydrogen) atoms. The summed E-state index contributed by atoms with van der Waals surface area (Å²) < 4.78 is 0. The van der Waals surface area contributed by atoms with Crippen molar-refractivity contribution in [2.45, 2.75) is 52.5 Å². The number of rotatable bonds is 9. The van der Waals surface area contributed by atoms with Crippen LogP contribution in [0.3, 0.4) is 0 Å². The van der Waals surface area contributed by atoms with Gasteiger partial charge in [-0.3, -0.25) is 14.4 Å². The van der Waals surface area contributed by atoms with Crippen molar-refractivity contribution in [3.8, 4) is 0 Å². The predicted molar refractivity (Wildman–Crippen MR) is 128 cm³/mol. The molecule has 6 heteroatoms. The van der Waals surface area contributed by atoms with E-state index in [1.165, 1.54) is 0 Å². The van der Waals surface area contributed by atoms with Crippen LogP contribution in [-0.2, 0) is 9.59 Å².